The fraction of sp³-hybridized carbons (Fsp3) is 0.188. The molecule has 0 amide bonds. The second-order valence-electron chi connectivity index (χ2n) is 4.63. The lowest BCUT2D eigenvalue weighted by Crippen LogP contribution is -2.07. The third-order valence-corrected chi connectivity index (χ3v) is 3.16. The Morgan fingerprint density at radius 1 is 1.05 bits per heavy atom. The van der Waals surface area contributed by atoms with Crippen LogP contribution in [0, 0.1) is 0 Å². The minimum absolute atomic E-state index is 0.117. The average molecular weight is 255 g/mol. The number of hydrogen-bond donors (Lipinski definition) is 1. The molecule has 2 aromatic carbocycles. The fourth-order valence-electron chi connectivity index (χ4n) is 1.98. The normalized spacial score (nSPS) is 10.3. The predicted molar refractivity (Wildman–Crippen MR) is 77.5 cm³/mol. The third kappa shape index (κ3) is 2.83. The number of nitrogens with zero attached hydrogens (tertiary/aromatic N) is 1. The lowest BCUT2D eigenvalue weighted by Gasteiger charge is -2.13. The largest absolute Gasteiger partial charge is 0.392 e. The monoisotopic (exact) mass is 255 g/mol. The molecule has 0 aliphatic heterocycles. The Morgan fingerprint density at radius 2 is 1.68 bits per heavy atom. The topological polar surface area (TPSA) is 40.5 Å². The van der Waals surface area contributed by atoms with E-state index in [1.54, 1.807) is 6.07 Å². The summed E-state index contributed by atoms with van der Waals surface area (Å²) in [7, 11) is 3.99. The van der Waals surface area contributed by atoms with E-state index in [0.29, 0.717) is 11.1 Å². The zero-order valence-corrected chi connectivity index (χ0v) is 11.1. The van der Waals surface area contributed by atoms with Crippen molar-refractivity contribution in [2.75, 3.05) is 19.0 Å². The van der Waals surface area contributed by atoms with E-state index < -0.39 is 0 Å². The molecule has 0 saturated carbocycles. The molecule has 0 aliphatic carbocycles. The molecular weight excluding hydrogens is 238 g/mol. The van der Waals surface area contributed by atoms with E-state index in [4.69, 9.17) is 5.11 Å². The van der Waals surface area contributed by atoms with Gasteiger partial charge in [0, 0.05) is 25.3 Å². The first-order valence-corrected chi connectivity index (χ1v) is 6.12. The van der Waals surface area contributed by atoms with Crippen molar-refractivity contribution in [2.45, 2.75) is 6.61 Å². The van der Waals surface area contributed by atoms with Gasteiger partial charge < -0.3 is 10.0 Å². The molecule has 0 saturated heterocycles. The van der Waals surface area contributed by atoms with Crippen LogP contribution >= 0.6 is 0 Å². The maximum atomic E-state index is 11.0. The van der Waals surface area contributed by atoms with Crippen molar-refractivity contribution in [3.05, 3.63) is 53.6 Å². The van der Waals surface area contributed by atoms with Crippen molar-refractivity contribution < 1.29 is 9.90 Å². The quantitative estimate of drug-likeness (QED) is 0.854. The van der Waals surface area contributed by atoms with Crippen LogP contribution in [-0.4, -0.2) is 25.5 Å². The van der Waals surface area contributed by atoms with Gasteiger partial charge in [-0.05, 0) is 34.9 Å². The molecule has 0 radical (unpaired) electrons. The number of rotatable bonds is 4. The van der Waals surface area contributed by atoms with Gasteiger partial charge in [0.25, 0.3) is 0 Å². The van der Waals surface area contributed by atoms with E-state index in [-0.39, 0.29) is 6.61 Å². The van der Waals surface area contributed by atoms with Crippen molar-refractivity contribution >= 4 is 12.0 Å². The first-order valence-electron chi connectivity index (χ1n) is 6.12. The van der Waals surface area contributed by atoms with Crippen molar-refractivity contribution in [1.29, 1.82) is 0 Å². The Bertz CT molecular complexity index is 574. The van der Waals surface area contributed by atoms with E-state index in [1.807, 2.05) is 55.4 Å². The molecule has 1 N–H and O–H groups in total. The number of aliphatic hydroxyl groups is 1. The van der Waals surface area contributed by atoms with Crippen LogP contribution < -0.4 is 4.90 Å². The van der Waals surface area contributed by atoms with Gasteiger partial charge in [-0.15, -0.1) is 0 Å². The number of aliphatic hydroxyl groups excluding tert-OH is 1. The lowest BCUT2D eigenvalue weighted by molar-refractivity contribution is 0.112. The molecule has 0 aliphatic rings. The summed E-state index contributed by atoms with van der Waals surface area (Å²) < 4.78 is 0. The molecule has 98 valence electrons. The van der Waals surface area contributed by atoms with Gasteiger partial charge >= 0.3 is 0 Å². The molecule has 2 aromatic rings. The molecule has 0 unspecified atom stereocenters. The van der Waals surface area contributed by atoms with E-state index in [0.717, 1.165) is 23.1 Å². The first kappa shape index (κ1) is 13.3. The standard InChI is InChI=1S/C16H17NO2/c1-17(2)16-7-5-12(6-8-16)13-3-4-14(10-18)15(9-13)11-19/h3-9,11,18H,10H2,1-2H3. The van der Waals surface area contributed by atoms with Gasteiger partial charge in [0.1, 0.15) is 6.29 Å². The van der Waals surface area contributed by atoms with Crippen molar-refractivity contribution in [1.82, 2.24) is 0 Å². The molecule has 0 bridgehead atoms. The predicted octanol–water partition coefficient (Wildman–Crippen LogP) is 2.72. The van der Waals surface area contributed by atoms with Gasteiger partial charge in [-0.25, -0.2) is 0 Å². The SMILES string of the molecule is CN(C)c1ccc(-c2ccc(CO)c(C=O)c2)cc1. The molecular formula is C16H17NO2. The fourth-order valence-corrected chi connectivity index (χ4v) is 1.98. The smallest absolute Gasteiger partial charge is 0.150 e. The van der Waals surface area contributed by atoms with E-state index in [1.165, 1.54) is 0 Å². The molecule has 3 heteroatoms. The zero-order valence-electron chi connectivity index (χ0n) is 11.1. The van der Waals surface area contributed by atoms with Crippen LogP contribution in [0.4, 0.5) is 5.69 Å². The number of carbonyl (C=O) groups is 1. The van der Waals surface area contributed by atoms with Crippen LogP contribution in [0.15, 0.2) is 42.5 Å². The molecule has 3 nitrogen and oxygen atoms in total. The Kier molecular flexibility index (Phi) is 3.97. The second-order valence-corrected chi connectivity index (χ2v) is 4.63. The van der Waals surface area contributed by atoms with Crippen LogP contribution in [0.5, 0.6) is 0 Å². The number of hydrogen-bond acceptors (Lipinski definition) is 3. The lowest BCUT2D eigenvalue weighted by atomic mass is 10.00. The molecule has 19 heavy (non-hydrogen) atoms. The van der Waals surface area contributed by atoms with Crippen molar-refractivity contribution in [3.8, 4) is 11.1 Å². The summed E-state index contributed by atoms with van der Waals surface area (Å²) in [6.45, 7) is -0.117. The molecule has 2 rings (SSSR count). The maximum absolute atomic E-state index is 11.0. The van der Waals surface area contributed by atoms with Crippen molar-refractivity contribution in [2.24, 2.45) is 0 Å². The minimum atomic E-state index is -0.117. The summed E-state index contributed by atoms with van der Waals surface area (Å²) in [5.41, 5.74) is 4.36. The van der Waals surface area contributed by atoms with Gasteiger partial charge in [-0.2, -0.15) is 0 Å². The molecule has 0 spiro atoms. The molecule has 0 aromatic heterocycles. The van der Waals surface area contributed by atoms with Gasteiger partial charge in [0.05, 0.1) is 6.61 Å². The molecule has 0 fully saturated rings. The van der Waals surface area contributed by atoms with Crippen LogP contribution in [0.3, 0.4) is 0 Å². The van der Waals surface area contributed by atoms with E-state index in [2.05, 4.69) is 0 Å². The highest BCUT2D eigenvalue weighted by Crippen LogP contribution is 2.24. The average Bonchev–Trinajstić information content (AvgIpc) is 2.46. The first-order chi connectivity index (χ1) is 9.15. The molecule has 0 atom stereocenters. The highest BCUT2D eigenvalue weighted by Gasteiger charge is 2.04. The van der Waals surface area contributed by atoms with Crippen molar-refractivity contribution in [3.63, 3.8) is 0 Å². The Labute approximate surface area is 113 Å². The third-order valence-electron chi connectivity index (χ3n) is 3.16. The van der Waals surface area contributed by atoms with Gasteiger partial charge in [-0.3, -0.25) is 4.79 Å². The number of carbonyl (C=O) groups excluding carboxylic acids is 1. The summed E-state index contributed by atoms with van der Waals surface area (Å²) >= 11 is 0. The number of anilines is 1. The Morgan fingerprint density at radius 3 is 2.21 bits per heavy atom. The number of aldehydes is 1. The van der Waals surface area contributed by atoms with Gasteiger partial charge in [0.2, 0.25) is 0 Å². The van der Waals surface area contributed by atoms with Crippen LogP contribution in [0.1, 0.15) is 15.9 Å². The Balaban J connectivity index is 2.38. The highest BCUT2D eigenvalue weighted by atomic mass is 16.3. The van der Waals surface area contributed by atoms with Crippen LogP contribution in [0.2, 0.25) is 0 Å². The summed E-state index contributed by atoms with van der Waals surface area (Å²) in [6.07, 6.45) is 0.781. The minimum Gasteiger partial charge on any atom is -0.392 e. The summed E-state index contributed by atoms with van der Waals surface area (Å²) in [6, 6.07) is 13.6. The van der Waals surface area contributed by atoms with Crippen LogP contribution in [-0.2, 0) is 6.61 Å². The van der Waals surface area contributed by atoms with Crippen LogP contribution in [0.25, 0.3) is 11.1 Å². The summed E-state index contributed by atoms with van der Waals surface area (Å²) in [5.74, 6) is 0. The van der Waals surface area contributed by atoms with Gasteiger partial charge in [-0.1, -0.05) is 24.3 Å². The van der Waals surface area contributed by atoms with E-state index >= 15 is 0 Å². The van der Waals surface area contributed by atoms with E-state index in [9.17, 15) is 4.79 Å². The Hall–Kier alpha value is -2.13. The summed E-state index contributed by atoms with van der Waals surface area (Å²) in [5, 5.41) is 9.14. The second kappa shape index (κ2) is 5.67. The number of benzene rings is 2. The highest BCUT2D eigenvalue weighted by molar-refractivity contribution is 5.81. The van der Waals surface area contributed by atoms with Gasteiger partial charge in [0.15, 0.2) is 0 Å². The molecule has 0 heterocycles. The maximum Gasteiger partial charge on any atom is 0.150 e. The summed E-state index contributed by atoms with van der Waals surface area (Å²) in [4.78, 5) is 13.0. The zero-order chi connectivity index (χ0) is 13.8.